The van der Waals surface area contributed by atoms with E-state index in [4.69, 9.17) is 9.47 Å². The highest BCUT2D eigenvalue weighted by Gasteiger charge is 2.46. The molecule has 1 saturated heterocycles. The fourth-order valence-electron chi connectivity index (χ4n) is 3.13. The number of ether oxygens (including phenoxy) is 2. The molecule has 1 atom stereocenters. The summed E-state index contributed by atoms with van der Waals surface area (Å²) >= 11 is 0. The van der Waals surface area contributed by atoms with Gasteiger partial charge in [-0.05, 0) is 24.5 Å². The third-order valence-corrected chi connectivity index (χ3v) is 4.66. The predicted octanol–water partition coefficient (Wildman–Crippen LogP) is 1.91. The minimum atomic E-state index is -0.237. The molecular formula is C17H23FN2O3. The van der Waals surface area contributed by atoms with E-state index in [0.717, 1.165) is 12.8 Å². The lowest BCUT2D eigenvalue weighted by Crippen LogP contribution is -2.51. The summed E-state index contributed by atoms with van der Waals surface area (Å²) in [6, 6.07) is 6.72. The summed E-state index contributed by atoms with van der Waals surface area (Å²) in [6.07, 6.45) is 1.73. The van der Waals surface area contributed by atoms with Gasteiger partial charge in [-0.2, -0.15) is 0 Å². The van der Waals surface area contributed by atoms with Gasteiger partial charge >= 0.3 is 6.03 Å². The van der Waals surface area contributed by atoms with Crippen LogP contribution in [0.25, 0.3) is 0 Å². The van der Waals surface area contributed by atoms with Gasteiger partial charge in [-0.3, -0.25) is 0 Å². The van der Waals surface area contributed by atoms with E-state index in [1.54, 1.807) is 18.1 Å². The van der Waals surface area contributed by atoms with Gasteiger partial charge in [0.2, 0.25) is 0 Å². The Morgan fingerprint density at radius 1 is 1.48 bits per heavy atom. The molecule has 1 saturated carbocycles. The summed E-state index contributed by atoms with van der Waals surface area (Å²) in [5.74, 6) is -0.189. The molecule has 5 nitrogen and oxygen atoms in total. The lowest BCUT2D eigenvalue weighted by molar-refractivity contribution is -0.0494. The highest BCUT2D eigenvalue weighted by molar-refractivity contribution is 5.74. The average Bonchev–Trinajstić information content (AvgIpc) is 3.35. The number of methoxy groups -OCH3 is 1. The fourth-order valence-corrected chi connectivity index (χ4v) is 3.13. The molecule has 2 fully saturated rings. The van der Waals surface area contributed by atoms with E-state index in [2.05, 4.69) is 5.32 Å². The first-order valence-corrected chi connectivity index (χ1v) is 8.03. The van der Waals surface area contributed by atoms with Crippen LogP contribution >= 0.6 is 0 Å². The molecule has 1 aliphatic carbocycles. The summed E-state index contributed by atoms with van der Waals surface area (Å²) in [6.45, 7) is 2.55. The zero-order chi connectivity index (χ0) is 16.3. The van der Waals surface area contributed by atoms with E-state index >= 15 is 0 Å². The van der Waals surface area contributed by atoms with Crippen molar-refractivity contribution in [1.82, 2.24) is 10.2 Å². The number of benzene rings is 1. The van der Waals surface area contributed by atoms with Crippen LogP contribution in [0.3, 0.4) is 0 Å². The zero-order valence-corrected chi connectivity index (χ0v) is 13.4. The summed E-state index contributed by atoms with van der Waals surface area (Å²) in [4.78, 5) is 14.1. The summed E-state index contributed by atoms with van der Waals surface area (Å²) in [5.41, 5.74) is 0.471. The van der Waals surface area contributed by atoms with Crippen LogP contribution in [0.5, 0.6) is 0 Å². The van der Waals surface area contributed by atoms with Crippen molar-refractivity contribution in [2.45, 2.75) is 24.4 Å². The Kier molecular flexibility index (Phi) is 4.82. The van der Waals surface area contributed by atoms with Gasteiger partial charge in [0, 0.05) is 25.6 Å². The Balaban J connectivity index is 1.56. The molecule has 1 aromatic rings. The molecular weight excluding hydrogens is 299 g/mol. The first-order valence-electron chi connectivity index (χ1n) is 8.03. The van der Waals surface area contributed by atoms with Crippen LogP contribution in [0, 0.1) is 5.82 Å². The van der Waals surface area contributed by atoms with Crippen LogP contribution in [0.15, 0.2) is 24.3 Å². The van der Waals surface area contributed by atoms with Gasteiger partial charge in [-0.25, -0.2) is 9.18 Å². The molecule has 1 aliphatic heterocycles. The van der Waals surface area contributed by atoms with Crippen LogP contribution in [0.2, 0.25) is 0 Å². The number of carbonyl (C=O) groups excluding carboxylic acids is 1. The van der Waals surface area contributed by atoms with E-state index in [1.165, 1.54) is 6.07 Å². The molecule has 23 heavy (non-hydrogen) atoms. The Morgan fingerprint density at radius 3 is 2.96 bits per heavy atom. The quantitative estimate of drug-likeness (QED) is 0.901. The smallest absolute Gasteiger partial charge is 0.317 e. The second kappa shape index (κ2) is 6.84. The van der Waals surface area contributed by atoms with Crippen LogP contribution in [-0.4, -0.2) is 57.0 Å². The van der Waals surface area contributed by atoms with Gasteiger partial charge < -0.3 is 19.7 Å². The molecule has 6 heteroatoms. The van der Waals surface area contributed by atoms with E-state index in [9.17, 15) is 9.18 Å². The van der Waals surface area contributed by atoms with Gasteiger partial charge in [0.25, 0.3) is 0 Å². The highest BCUT2D eigenvalue weighted by atomic mass is 19.1. The molecule has 0 bridgehead atoms. The summed E-state index contributed by atoms with van der Waals surface area (Å²) in [7, 11) is 1.62. The molecule has 1 unspecified atom stereocenters. The summed E-state index contributed by atoms with van der Waals surface area (Å²) in [5, 5.41) is 2.97. The largest absolute Gasteiger partial charge is 0.382 e. The number of rotatable bonds is 5. The Hall–Kier alpha value is -1.66. The standard InChI is InChI=1S/C17H23FN2O3/c1-22-11-13-10-20(8-9-23-13)16(21)19-12-17(6-7-17)14-4-2-3-5-15(14)18/h2-5,13H,6-12H2,1H3,(H,19,21). The van der Waals surface area contributed by atoms with Crippen LogP contribution < -0.4 is 5.32 Å². The first kappa shape index (κ1) is 16.2. The van der Waals surface area contributed by atoms with Crippen LogP contribution in [-0.2, 0) is 14.9 Å². The van der Waals surface area contributed by atoms with Crippen LogP contribution in [0.4, 0.5) is 9.18 Å². The fraction of sp³-hybridized carbons (Fsp3) is 0.588. The van der Waals surface area contributed by atoms with Crippen molar-refractivity contribution < 1.29 is 18.7 Å². The van der Waals surface area contributed by atoms with E-state index in [-0.39, 0.29) is 23.4 Å². The van der Waals surface area contributed by atoms with Gasteiger partial charge in [0.15, 0.2) is 0 Å². The maximum Gasteiger partial charge on any atom is 0.317 e. The second-order valence-electron chi connectivity index (χ2n) is 6.31. The third kappa shape index (κ3) is 3.64. The Bertz CT molecular complexity index is 561. The van der Waals surface area contributed by atoms with Crippen molar-refractivity contribution in [3.63, 3.8) is 0 Å². The normalized spacial score (nSPS) is 22.7. The van der Waals surface area contributed by atoms with Gasteiger partial charge in [0.05, 0.1) is 25.9 Å². The minimum absolute atomic E-state index is 0.0825. The van der Waals surface area contributed by atoms with Crippen molar-refractivity contribution in [3.05, 3.63) is 35.6 Å². The van der Waals surface area contributed by atoms with E-state index in [1.807, 2.05) is 12.1 Å². The van der Waals surface area contributed by atoms with E-state index in [0.29, 0.717) is 38.4 Å². The molecule has 1 heterocycles. The minimum Gasteiger partial charge on any atom is -0.382 e. The maximum atomic E-state index is 14.0. The first-order chi connectivity index (χ1) is 11.1. The molecule has 3 rings (SSSR count). The molecule has 2 amide bonds. The zero-order valence-electron chi connectivity index (χ0n) is 13.4. The number of hydrogen-bond acceptors (Lipinski definition) is 3. The van der Waals surface area contributed by atoms with Gasteiger partial charge in [0.1, 0.15) is 5.82 Å². The number of halogens is 1. The number of nitrogens with one attached hydrogen (secondary N) is 1. The number of nitrogens with zero attached hydrogens (tertiary/aromatic N) is 1. The second-order valence-corrected chi connectivity index (χ2v) is 6.31. The van der Waals surface area contributed by atoms with Crippen molar-refractivity contribution >= 4 is 6.03 Å². The van der Waals surface area contributed by atoms with Crippen LogP contribution in [0.1, 0.15) is 18.4 Å². The number of morpholine rings is 1. The third-order valence-electron chi connectivity index (χ3n) is 4.66. The lowest BCUT2D eigenvalue weighted by atomic mass is 9.95. The van der Waals surface area contributed by atoms with Crippen molar-refractivity contribution in [1.29, 1.82) is 0 Å². The van der Waals surface area contributed by atoms with E-state index < -0.39 is 0 Å². The van der Waals surface area contributed by atoms with Crippen molar-refractivity contribution in [3.8, 4) is 0 Å². The monoisotopic (exact) mass is 322 g/mol. The average molecular weight is 322 g/mol. The van der Waals surface area contributed by atoms with Crippen molar-refractivity contribution in [2.24, 2.45) is 0 Å². The topological polar surface area (TPSA) is 50.8 Å². The maximum absolute atomic E-state index is 14.0. The molecule has 0 radical (unpaired) electrons. The number of carbonyl (C=O) groups is 1. The molecule has 2 aliphatic rings. The number of urea groups is 1. The molecule has 1 aromatic carbocycles. The molecule has 0 spiro atoms. The predicted molar refractivity (Wildman–Crippen MR) is 83.9 cm³/mol. The molecule has 0 aromatic heterocycles. The highest BCUT2D eigenvalue weighted by Crippen LogP contribution is 2.48. The summed E-state index contributed by atoms with van der Waals surface area (Å²) < 4.78 is 24.6. The lowest BCUT2D eigenvalue weighted by Gasteiger charge is -2.33. The molecule has 126 valence electrons. The van der Waals surface area contributed by atoms with Gasteiger partial charge in [-0.1, -0.05) is 18.2 Å². The molecule has 1 N–H and O–H groups in total. The SMILES string of the molecule is COCC1CN(C(=O)NCC2(c3ccccc3F)CC2)CCO1. The van der Waals surface area contributed by atoms with Gasteiger partial charge in [-0.15, -0.1) is 0 Å². The number of amides is 2. The Labute approximate surface area is 135 Å². The Morgan fingerprint density at radius 2 is 2.26 bits per heavy atom. The number of hydrogen-bond donors (Lipinski definition) is 1. The van der Waals surface area contributed by atoms with Crippen molar-refractivity contribution in [2.75, 3.05) is 40.0 Å².